The van der Waals surface area contributed by atoms with Crippen LogP contribution in [0.4, 0.5) is 26.3 Å². The summed E-state index contributed by atoms with van der Waals surface area (Å²) in [7, 11) is 1.59. The summed E-state index contributed by atoms with van der Waals surface area (Å²) in [5.41, 5.74) is -3.14. The molecule has 0 spiro atoms. The van der Waals surface area contributed by atoms with Gasteiger partial charge in [-0.15, -0.1) is 0 Å². The largest absolute Gasteiger partial charge is 0.481 e. The van der Waals surface area contributed by atoms with Gasteiger partial charge in [0.05, 0.1) is 23.9 Å². The summed E-state index contributed by atoms with van der Waals surface area (Å²) in [6, 6.07) is 1.01. The van der Waals surface area contributed by atoms with Gasteiger partial charge in [0.15, 0.2) is 5.82 Å². The molecule has 1 aromatic carbocycles. The molecule has 0 fully saturated rings. The minimum absolute atomic E-state index is 0.00333. The van der Waals surface area contributed by atoms with Crippen LogP contribution in [0.25, 0.3) is 11.4 Å². The van der Waals surface area contributed by atoms with Crippen molar-refractivity contribution < 1.29 is 36.2 Å². The highest BCUT2D eigenvalue weighted by molar-refractivity contribution is 5.75. The quantitative estimate of drug-likeness (QED) is 0.622. The summed E-state index contributed by atoms with van der Waals surface area (Å²) in [6.45, 7) is -0.251. The molecule has 13 heteroatoms. The SMILES string of the molecule is Cn1cc(C(Cn2cnc(-c3cc(C(F)(F)F)cc(C(F)(F)F)c3)n2)C(=O)O)cn1. The lowest BCUT2D eigenvalue weighted by Gasteiger charge is -2.13. The molecule has 30 heavy (non-hydrogen) atoms. The van der Waals surface area contributed by atoms with Gasteiger partial charge in [0.1, 0.15) is 12.2 Å². The van der Waals surface area contributed by atoms with Crippen molar-refractivity contribution in [2.75, 3.05) is 0 Å². The average molecular weight is 433 g/mol. The third-order valence-electron chi connectivity index (χ3n) is 4.18. The molecule has 1 atom stereocenters. The molecule has 0 aliphatic heterocycles. The maximum absolute atomic E-state index is 13.0. The van der Waals surface area contributed by atoms with E-state index < -0.39 is 46.8 Å². The first-order chi connectivity index (χ1) is 13.8. The average Bonchev–Trinajstić information content (AvgIpc) is 3.26. The minimum atomic E-state index is -5.01. The van der Waals surface area contributed by atoms with Crippen LogP contribution in [0.2, 0.25) is 0 Å². The van der Waals surface area contributed by atoms with Crippen molar-refractivity contribution in [3.8, 4) is 11.4 Å². The van der Waals surface area contributed by atoms with E-state index in [1.807, 2.05) is 0 Å². The first-order valence-corrected chi connectivity index (χ1v) is 8.25. The Morgan fingerprint density at radius 3 is 2.17 bits per heavy atom. The van der Waals surface area contributed by atoms with E-state index in [0.717, 1.165) is 11.0 Å². The summed E-state index contributed by atoms with van der Waals surface area (Å²) < 4.78 is 80.6. The predicted octanol–water partition coefficient (Wildman–Crippen LogP) is 3.58. The lowest BCUT2D eigenvalue weighted by Crippen LogP contribution is -2.18. The Bertz CT molecular complexity index is 1040. The van der Waals surface area contributed by atoms with Gasteiger partial charge in [-0.05, 0) is 18.2 Å². The van der Waals surface area contributed by atoms with Gasteiger partial charge in [-0.25, -0.2) is 4.98 Å². The van der Waals surface area contributed by atoms with Crippen LogP contribution in [0.1, 0.15) is 22.6 Å². The van der Waals surface area contributed by atoms with E-state index in [2.05, 4.69) is 15.2 Å². The number of carboxylic acids is 1. The minimum Gasteiger partial charge on any atom is -0.481 e. The van der Waals surface area contributed by atoms with Crippen molar-refractivity contribution in [1.82, 2.24) is 24.5 Å². The number of hydrogen-bond donors (Lipinski definition) is 1. The Morgan fingerprint density at radius 1 is 1.10 bits per heavy atom. The van der Waals surface area contributed by atoms with Gasteiger partial charge >= 0.3 is 18.3 Å². The number of hydrogen-bond acceptors (Lipinski definition) is 4. The summed E-state index contributed by atoms with van der Waals surface area (Å²) >= 11 is 0. The Labute approximate surface area is 164 Å². The van der Waals surface area contributed by atoms with Crippen molar-refractivity contribution in [3.63, 3.8) is 0 Å². The molecule has 0 saturated carbocycles. The molecular formula is C17H13F6N5O2. The summed E-state index contributed by atoms with van der Waals surface area (Å²) in [4.78, 5) is 15.3. The van der Waals surface area contributed by atoms with Gasteiger partial charge in [0.2, 0.25) is 0 Å². The van der Waals surface area contributed by atoms with Crippen LogP contribution < -0.4 is 0 Å². The fourth-order valence-corrected chi connectivity index (χ4v) is 2.73. The smallest absolute Gasteiger partial charge is 0.416 e. The van der Waals surface area contributed by atoms with Crippen LogP contribution in [-0.2, 0) is 30.7 Å². The van der Waals surface area contributed by atoms with Crippen LogP contribution in [0, 0.1) is 0 Å². The fraction of sp³-hybridized carbons (Fsp3) is 0.294. The van der Waals surface area contributed by atoms with Gasteiger partial charge in [-0.1, -0.05) is 0 Å². The third kappa shape index (κ3) is 4.60. The number of rotatable bonds is 5. The van der Waals surface area contributed by atoms with Crippen LogP contribution in [0.15, 0.2) is 36.9 Å². The number of nitrogens with zero attached hydrogens (tertiary/aromatic N) is 5. The van der Waals surface area contributed by atoms with Crippen LogP contribution in [0.3, 0.4) is 0 Å². The molecule has 0 bridgehead atoms. The lowest BCUT2D eigenvalue weighted by atomic mass is 10.0. The highest BCUT2D eigenvalue weighted by atomic mass is 19.4. The third-order valence-corrected chi connectivity index (χ3v) is 4.18. The van der Waals surface area contributed by atoms with Crippen LogP contribution in [-0.4, -0.2) is 35.6 Å². The molecule has 0 amide bonds. The molecule has 0 radical (unpaired) electrons. The van der Waals surface area contributed by atoms with E-state index in [0.29, 0.717) is 17.7 Å². The zero-order valence-electron chi connectivity index (χ0n) is 15.1. The molecule has 0 aliphatic carbocycles. The Morgan fingerprint density at radius 2 is 1.70 bits per heavy atom. The zero-order chi connectivity index (χ0) is 22.3. The number of carboxylic acid groups (broad SMARTS) is 1. The Balaban J connectivity index is 1.96. The van der Waals surface area contributed by atoms with Crippen molar-refractivity contribution >= 4 is 5.97 Å². The molecule has 160 valence electrons. The molecular weight excluding hydrogens is 420 g/mol. The standard InChI is InChI=1S/C17H13F6N5O2/c1-27-6-10(5-25-27)13(15(29)30)7-28-8-24-14(26-28)9-2-11(16(18,19)20)4-12(3-9)17(21,22)23/h2-6,8,13H,7H2,1H3,(H,29,30). The second-order valence-electron chi connectivity index (χ2n) is 6.42. The van der Waals surface area contributed by atoms with E-state index >= 15 is 0 Å². The normalized spacial score (nSPS) is 13.4. The monoisotopic (exact) mass is 433 g/mol. The maximum atomic E-state index is 13.0. The second-order valence-corrected chi connectivity index (χ2v) is 6.42. The van der Waals surface area contributed by atoms with E-state index in [-0.39, 0.29) is 12.6 Å². The first-order valence-electron chi connectivity index (χ1n) is 8.25. The molecule has 3 aromatic rings. The topological polar surface area (TPSA) is 85.8 Å². The highest BCUT2D eigenvalue weighted by Gasteiger charge is 2.37. The number of aliphatic carboxylic acids is 1. The van der Waals surface area contributed by atoms with E-state index in [9.17, 15) is 36.2 Å². The molecule has 2 aromatic heterocycles. The summed E-state index contributed by atoms with van der Waals surface area (Å²) in [6.07, 6.45) is -6.17. The summed E-state index contributed by atoms with van der Waals surface area (Å²) in [5, 5.41) is 17.2. The molecule has 0 saturated heterocycles. The Kier molecular flexibility index (Phi) is 5.31. The van der Waals surface area contributed by atoms with Gasteiger partial charge in [0.25, 0.3) is 0 Å². The zero-order valence-corrected chi connectivity index (χ0v) is 15.1. The fourth-order valence-electron chi connectivity index (χ4n) is 2.73. The van der Waals surface area contributed by atoms with Crippen LogP contribution >= 0.6 is 0 Å². The van der Waals surface area contributed by atoms with Gasteiger partial charge in [-0.3, -0.25) is 14.2 Å². The highest BCUT2D eigenvalue weighted by Crippen LogP contribution is 2.38. The maximum Gasteiger partial charge on any atom is 0.416 e. The number of aryl methyl sites for hydroxylation is 1. The lowest BCUT2D eigenvalue weighted by molar-refractivity contribution is -0.143. The predicted molar refractivity (Wildman–Crippen MR) is 89.0 cm³/mol. The molecule has 0 aliphatic rings. The number of benzene rings is 1. The number of halogens is 6. The van der Waals surface area contributed by atoms with Gasteiger partial charge in [-0.2, -0.15) is 36.5 Å². The molecule has 7 nitrogen and oxygen atoms in total. The molecule has 1 N–H and O–H groups in total. The molecule has 3 rings (SSSR count). The first kappa shape index (κ1) is 21.3. The number of aromatic nitrogens is 5. The molecule has 1 unspecified atom stereocenters. The van der Waals surface area contributed by atoms with Crippen LogP contribution in [0.5, 0.6) is 0 Å². The number of carbonyl (C=O) groups is 1. The van der Waals surface area contributed by atoms with Crippen molar-refractivity contribution in [2.24, 2.45) is 7.05 Å². The number of alkyl halides is 6. The van der Waals surface area contributed by atoms with Gasteiger partial charge < -0.3 is 5.11 Å². The molecule has 2 heterocycles. The summed E-state index contributed by atoms with van der Waals surface area (Å²) in [5.74, 6) is -2.71. The van der Waals surface area contributed by atoms with E-state index in [1.165, 1.54) is 17.1 Å². The second kappa shape index (κ2) is 7.46. The van der Waals surface area contributed by atoms with Crippen molar-refractivity contribution in [2.45, 2.75) is 24.8 Å². The Hall–Kier alpha value is -3.38. The van der Waals surface area contributed by atoms with E-state index in [4.69, 9.17) is 0 Å². The van der Waals surface area contributed by atoms with Crippen molar-refractivity contribution in [3.05, 3.63) is 53.6 Å². The van der Waals surface area contributed by atoms with E-state index in [1.54, 1.807) is 7.05 Å². The van der Waals surface area contributed by atoms with Gasteiger partial charge in [0, 0.05) is 24.4 Å². The van der Waals surface area contributed by atoms with Crippen molar-refractivity contribution in [1.29, 1.82) is 0 Å².